The van der Waals surface area contributed by atoms with Crippen LogP contribution in [0.1, 0.15) is 43.0 Å². The number of halogens is 1. The SMILES string of the molecule is CCNc1ccc(Cl)cc1C(=O)N(C)C1CCCCC1O. The van der Waals surface area contributed by atoms with Crippen molar-refractivity contribution in [3.05, 3.63) is 28.8 Å². The van der Waals surface area contributed by atoms with Crippen LogP contribution in [-0.2, 0) is 0 Å². The van der Waals surface area contributed by atoms with E-state index < -0.39 is 6.10 Å². The van der Waals surface area contributed by atoms with Crippen LogP contribution in [0, 0.1) is 0 Å². The minimum Gasteiger partial charge on any atom is -0.391 e. The molecule has 2 atom stereocenters. The summed E-state index contributed by atoms with van der Waals surface area (Å²) < 4.78 is 0. The second kappa shape index (κ2) is 7.14. The molecule has 1 aromatic carbocycles. The number of nitrogens with zero attached hydrogens (tertiary/aromatic N) is 1. The van der Waals surface area contributed by atoms with Gasteiger partial charge in [-0.15, -0.1) is 0 Å². The predicted octanol–water partition coefficient (Wildman–Crippen LogP) is 3.15. The highest BCUT2D eigenvalue weighted by Crippen LogP contribution is 2.27. The first-order valence-corrected chi connectivity index (χ1v) is 7.91. The molecule has 5 heteroatoms. The van der Waals surface area contributed by atoms with Gasteiger partial charge < -0.3 is 15.3 Å². The van der Waals surface area contributed by atoms with Crippen molar-refractivity contribution in [1.82, 2.24) is 4.90 Å². The number of anilines is 1. The van der Waals surface area contributed by atoms with Crippen LogP contribution in [0.15, 0.2) is 18.2 Å². The van der Waals surface area contributed by atoms with Crippen molar-refractivity contribution in [1.29, 1.82) is 0 Å². The van der Waals surface area contributed by atoms with Crippen molar-refractivity contribution < 1.29 is 9.90 Å². The van der Waals surface area contributed by atoms with E-state index in [1.165, 1.54) is 0 Å². The van der Waals surface area contributed by atoms with Crippen molar-refractivity contribution in [2.75, 3.05) is 18.9 Å². The molecule has 2 N–H and O–H groups in total. The first kappa shape index (κ1) is 16.1. The molecule has 0 heterocycles. The third-order valence-corrected chi connectivity index (χ3v) is 4.33. The lowest BCUT2D eigenvalue weighted by Crippen LogP contribution is -2.46. The number of hydrogen-bond donors (Lipinski definition) is 2. The Bertz CT molecular complexity index is 507. The average Bonchev–Trinajstić information content (AvgIpc) is 2.48. The minimum atomic E-state index is -0.436. The summed E-state index contributed by atoms with van der Waals surface area (Å²) in [6.45, 7) is 2.72. The van der Waals surface area contributed by atoms with Gasteiger partial charge in [-0.3, -0.25) is 4.79 Å². The van der Waals surface area contributed by atoms with Gasteiger partial charge in [0.05, 0.1) is 17.7 Å². The zero-order chi connectivity index (χ0) is 15.4. The molecule has 21 heavy (non-hydrogen) atoms. The number of aliphatic hydroxyl groups excluding tert-OH is 1. The second-order valence-corrected chi connectivity index (χ2v) is 5.99. The van der Waals surface area contributed by atoms with Gasteiger partial charge in [-0.1, -0.05) is 24.4 Å². The van der Waals surface area contributed by atoms with Gasteiger partial charge in [0.2, 0.25) is 0 Å². The molecule has 1 aliphatic carbocycles. The molecule has 4 nitrogen and oxygen atoms in total. The van der Waals surface area contributed by atoms with E-state index in [0.29, 0.717) is 10.6 Å². The summed E-state index contributed by atoms with van der Waals surface area (Å²) in [5, 5.41) is 13.9. The van der Waals surface area contributed by atoms with Gasteiger partial charge in [-0.25, -0.2) is 0 Å². The zero-order valence-electron chi connectivity index (χ0n) is 12.6. The van der Waals surface area contributed by atoms with Crippen LogP contribution in [0.25, 0.3) is 0 Å². The van der Waals surface area contributed by atoms with E-state index in [4.69, 9.17) is 11.6 Å². The molecular formula is C16H23ClN2O2. The number of carbonyl (C=O) groups excluding carboxylic acids is 1. The fraction of sp³-hybridized carbons (Fsp3) is 0.562. The molecule has 1 aromatic rings. The first-order chi connectivity index (χ1) is 10.0. The van der Waals surface area contributed by atoms with Gasteiger partial charge in [0.25, 0.3) is 5.91 Å². The molecule has 1 fully saturated rings. The normalized spacial score (nSPS) is 21.9. The standard InChI is InChI=1S/C16H23ClN2O2/c1-3-18-13-9-8-11(17)10-12(13)16(21)19(2)14-6-4-5-7-15(14)20/h8-10,14-15,18,20H,3-7H2,1-2H3. The van der Waals surface area contributed by atoms with Gasteiger partial charge >= 0.3 is 0 Å². The Kier molecular flexibility index (Phi) is 5.48. The zero-order valence-corrected chi connectivity index (χ0v) is 13.4. The van der Waals surface area contributed by atoms with E-state index in [9.17, 15) is 9.90 Å². The molecule has 116 valence electrons. The Balaban J connectivity index is 2.23. The van der Waals surface area contributed by atoms with E-state index in [2.05, 4.69) is 5.32 Å². The molecule has 0 bridgehead atoms. The Hall–Kier alpha value is -1.26. The molecule has 1 saturated carbocycles. The Morgan fingerprint density at radius 1 is 1.43 bits per heavy atom. The van der Waals surface area contributed by atoms with Gasteiger partial charge in [0, 0.05) is 24.3 Å². The maximum atomic E-state index is 12.8. The maximum absolute atomic E-state index is 12.8. The molecule has 0 saturated heterocycles. The van der Waals surface area contributed by atoms with Crippen LogP contribution in [0.3, 0.4) is 0 Å². The van der Waals surface area contributed by atoms with Crippen LogP contribution < -0.4 is 5.32 Å². The third-order valence-electron chi connectivity index (χ3n) is 4.09. The summed E-state index contributed by atoms with van der Waals surface area (Å²) >= 11 is 6.03. The average molecular weight is 311 g/mol. The molecule has 0 spiro atoms. The highest BCUT2D eigenvalue weighted by atomic mass is 35.5. The van der Waals surface area contributed by atoms with Crippen molar-refractivity contribution in [2.24, 2.45) is 0 Å². The largest absolute Gasteiger partial charge is 0.391 e. The molecule has 2 rings (SSSR count). The quantitative estimate of drug-likeness (QED) is 0.898. The van der Waals surface area contributed by atoms with E-state index >= 15 is 0 Å². The molecule has 0 aromatic heterocycles. The van der Waals surface area contributed by atoms with Gasteiger partial charge in [-0.05, 0) is 38.0 Å². The molecule has 0 radical (unpaired) electrons. The fourth-order valence-electron chi connectivity index (χ4n) is 2.92. The molecule has 2 unspecified atom stereocenters. The highest BCUT2D eigenvalue weighted by Gasteiger charge is 2.30. The smallest absolute Gasteiger partial charge is 0.256 e. The number of rotatable bonds is 4. The van der Waals surface area contributed by atoms with Crippen molar-refractivity contribution in [3.8, 4) is 0 Å². The van der Waals surface area contributed by atoms with Crippen LogP contribution in [0.4, 0.5) is 5.69 Å². The molecule has 1 aliphatic rings. The van der Waals surface area contributed by atoms with Crippen LogP contribution in [-0.4, -0.2) is 41.7 Å². The lowest BCUT2D eigenvalue weighted by atomic mass is 9.91. The van der Waals surface area contributed by atoms with Crippen LogP contribution >= 0.6 is 11.6 Å². The number of likely N-dealkylation sites (N-methyl/N-ethyl adjacent to an activating group) is 1. The van der Waals surface area contributed by atoms with E-state index in [0.717, 1.165) is 37.9 Å². The summed E-state index contributed by atoms with van der Waals surface area (Å²) in [4.78, 5) is 14.4. The minimum absolute atomic E-state index is 0.0978. The number of hydrogen-bond acceptors (Lipinski definition) is 3. The highest BCUT2D eigenvalue weighted by molar-refractivity contribution is 6.31. The first-order valence-electron chi connectivity index (χ1n) is 7.53. The third kappa shape index (κ3) is 3.69. The Labute approximate surface area is 131 Å². The van der Waals surface area contributed by atoms with Crippen LogP contribution in [0.2, 0.25) is 5.02 Å². The lowest BCUT2D eigenvalue weighted by Gasteiger charge is -2.35. The summed E-state index contributed by atoms with van der Waals surface area (Å²) in [5.41, 5.74) is 1.34. The van der Waals surface area contributed by atoms with Gasteiger partial charge in [0.15, 0.2) is 0 Å². The van der Waals surface area contributed by atoms with E-state index in [-0.39, 0.29) is 11.9 Å². The summed E-state index contributed by atoms with van der Waals surface area (Å²) in [6.07, 6.45) is 3.25. The topological polar surface area (TPSA) is 52.6 Å². The maximum Gasteiger partial charge on any atom is 0.256 e. The lowest BCUT2D eigenvalue weighted by molar-refractivity contribution is 0.0268. The summed E-state index contributed by atoms with van der Waals surface area (Å²) in [7, 11) is 1.76. The van der Waals surface area contributed by atoms with E-state index in [1.807, 2.05) is 13.0 Å². The van der Waals surface area contributed by atoms with Gasteiger partial charge in [0.1, 0.15) is 0 Å². The molecular weight excluding hydrogens is 288 g/mol. The molecule has 0 aliphatic heterocycles. The number of aliphatic hydroxyl groups is 1. The van der Waals surface area contributed by atoms with Crippen molar-refractivity contribution in [3.63, 3.8) is 0 Å². The molecule has 1 amide bonds. The number of benzene rings is 1. The second-order valence-electron chi connectivity index (χ2n) is 5.56. The Morgan fingerprint density at radius 3 is 2.81 bits per heavy atom. The number of carbonyl (C=O) groups is 1. The van der Waals surface area contributed by atoms with E-state index in [1.54, 1.807) is 24.1 Å². The van der Waals surface area contributed by atoms with Gasteiger partial charge in [-0.2, -0.15) is 0 Å². The van der Waals surface area contributed by atoms with Crippen molar-refractivity contribution >= 4 is 23.2 Å². The predicted molar refractivity (Wildman–Crippen MR) is 86.0 cm³/mol. The summed E-state index contributed by atoms with van der Waals surface area (Å²) in [6, 6.07) is 5.17. The van der Waals surface area contributed by atoms with Crippen molar-refractivity contribution in [2.45, 2.75) is 44.8 Å². The number of nitrogens with one attached hydrogen (secondary N) is 1. The summed E-state index contributed by atoms with van der Waals surface area (Å²) in [5.74, 6) is -0.0978. The monoisotopic (exact) mass is 310 g/mol. The Morgan fingerprint density at radius 2 is 2.14 bits per heavy atom. The van der Waals surface area contributed by atoms with Crippen LogP contribution in [0.5, 0.6) is 0 Å². The number of amides is 1. The fourth-order valence-corrected chi connectivity index (χ4v) is 3.09.